The average molecular weight is 278 g/mol. The van der Waals surface area contributed by atoms with Crippen LogP contribution in [0.1, 0.15) is 11.1 Å². The number of hydrogen-bond donors (Lipinski definition) is 2. The van der Waals surface area contributed by atoms with Crippen molar-refractivity contribution >= 4 is 9.53 Å². The third kappa shape index (κ3) is 3.66. The van der Waals surface area contributed by atoms with Gasteiger partial charge in [0, 0.05) is 13.1 Å². The monoisotopic (exact) mass is 277 g/mol. The molecule has 4 N–H and O–H groups in total. The zero-order valence-corrected chi connectivity index (χ0v) is 8.88. The fraction of sp³-hybridized carbons (Fsp3) is 0.250. The van der Waals surface area contributed by atoms with E-state index in [0.717, 1.165) is 11.1 Å². The number of hydrogen-bond acceptors (Lipinski definition) is 2. The molecular weight excluding hydrogens is 266 g/mol. The first kappa shape index (κ1) is 12.1. The molecule has 0 amide bonds. The van der Waals surface area contributed by atoms with Gasteiger partial charge in [-0.1, -0.05) is 24.3 Å². The van der Waals surface area contributed by atoms with Crippen LogP contribution in [0.15, 0.2) is 24.3 Å². The quantitative estimate of drug-likeness (QED) is 0.801. The summed E-state index contributed by atoms with van der Waals surface area (Å²) in [6.07, 6.45) is 0. The van der Waals surface area contributed by atoms with Gasteiger partial charge >= 0.3 is 27.7 Å². The molecular formula is C8H12ClN2Pd. The van der Waals surface area contributed by atoms with Gasteiger partial charge in [-0.2, -0.15) is 0 Å². The van der Waals surface area contributed by atoms with Crippen LogP contribution in [0.25, 0.3) is 0 Å². The Morgan fingerprint density at radius 1 is 1.00 bits per heavy atom. The molecule has 0 aliphatic rings. The summed E-state index contributed by atoms with van der Waals surface area (Å²) in [4.78, 5) is 0. The first-order chi connectivity index (χ1) is 5.88. The first-order valence-corrected chi connectivity index (χ1v) is 5.47. The summed E-state index contributed by atoms with van der Waals surface area (Å²) in [5, 5.41) is 0. The van der Waals surface area contributed by atoms with Gasteiger partial charge in [0.15, 0.2) is 0 Å². The fourth-order valence-electron chi connectivity index (χ4n) is 0.956. The number of nitrogens with two attached hydrogens (primary N) is 2. The van der Waals surface area contributed by atoms with Crippen LogP contribution in [0.4, 0.5) is 0 Å². The molecule has 0 aromatic heterocycles. The van der Waals surface area contributed by atoms with Gasteiger partial charge in [0.05, 0.1) is 0 Å². The fourth-order valence-corrected chi connectivity index (χ4v) is 0.956. The normalized spacial score (nSPS) is 8.75. The minimum absolute atomic E-state index is 0.577. The van der Waals surface area contributed by atoms with Gasteiger partial charge in [0.25, 0.3) is 0 Å². The van der Waals surface area contributed by atoms with E-state index in [2.05, 4.69) is 27.7 Å². The van der Waals surface area contributed by atoms with Gasteiger partial charge in [-0.25, -0.2) is 0 Å². The maximum absolute atomic E-state index is 5.47. The Morgan fingerprint density at radius 2 is 1.33 bits per heavy atom. The van der Waals surface area contributed by atoms with Crippen molar-refractivity contribution in [2.24, 2.45) is 11.5 Å². The van der Waals surface area contributed by atoms with Crippen molar-refractivity contribution in [1.82, 2.24) is 0 Å². The van der Waals surface area contributed by atoms with Crippen molar-refractivity contribution in [2.75, 3.05) is 0 Å². The third-order valence-corrected chi connectivity index (χ3v) is 1.56. The van der Waals surface area contributed by atoms with Gasteiger partial charge in [-0.15, -0.1) is 0 Å². The molecule has 71 valence electrons. The van der Waals surface area contributed by atoms with E-state index in [1.165, 1.54) is 0 Å². The van der Waals surface area contributed by atoms with Crippen molar-refractivity contribution in [3.63, 3.8) is 0 Å². The van der Waals surface area contributed by atoms with Crippen LogP contribution in [0.3, 0.4) is 0 Å². The molecule has 0 aliphatic carbocycles. The molecule has 4 heteroatoms. The van der Waals surface area contributed by atoms with Crippen molar-refractivity contribution in [3.8, 4) is 0 Å². The van der Waals surface area contributed by atoms with Gasteiger partial charge < -0.3 is 11.5 Å². The molecule has 0 fully saturated rings. The second-order valence-electron chi connectivity index (χ2n) is 2.18. The summed E-state index contributed by atoms with van der Waals surface area (Å²) in [7, 11) is 4.49. The summed E-state index contributed by atoms with van der Waals surface area (Å²) >= 11 is 2.22. The Hall–Kier alpha value is 0.0923. The molecule has 12 heavy (non-hydrogen) atoms. The van der Waals surface area contributed by atoms with Gasteiger partial charge in [-0.3, -0.25) is 0 Å². The van der Waals surface area contributed by atoms with Crippen molar-refractivity contribution in [1.29, 1.82) is 0 Å². The predicted molar refractivity (Wildman–Crippen MR) is 48.1 cm³/mol. The molecule has 1 rings (SSSR count). The predicted octanol–water partition coefficient (Wildman–Crippen LogP) is 1.29. The second-order valence-corrected chi connectivity index (χ2v) is 2.18. The van der Waals surface area contributed by atoms with Crippen LogP contribution < -0.4 is 11.5 Å². The molecule has 0 unspecified atom stereocenters. The molecule has 0 bridgehead atoms. The molecule has 0 radical (unpaired) electrons. The molecule has 0 atom stereocenters. The SMILES string of the molecule is NCc1ccccc1CN.[Cl][Pd]. The number of benzene rings is 1. The van der Waals surface area contributed by atoms with Gasteiger partial charge in [-0.05, 0) is 11.1 Å². The van der Waals surface area contributed by atoms with Crippen LogP contribution in [-0.2, 0) is 31.3 Å². The zero-order valence-electron chi connectivity index (χ0n) is 6.57. The summed E-state index contributed by atoms with van der Waals surface area (Å²) in [5.41, 5.74) is 13.2. The minimum atomic E-state index is 0.577. The standard InChI is InChI=1S/C8H12N2.ClH.Pd/c9-5-7-3-1-2-4-8(7)6-10;;/h1-4H,5-6,9-10H2;1H;/q;;+1/p-1. The van der Waals surface area contributed by atoms with Crippen molar-refractivity contribution in [2.45, 2.75) is 13.1 Å². The Balaban J connectivity index is 0.000000561. The maximum atomic E-state index is 5.47. The van der Waals surface area contributed by atoms with Crippen LogP contribution in [0.5, 0.6) is 0 Å². The Bertz CT molecular complexity index is 195. The van der Waals surface area contributed by atoms with E-state index < -0.39 is 0 Å². The molecule has 0 spiro atoms. The molecule has 0 saturated heterocycles. The molecule has 0 aliphatic heterocycles. The Kier molecular flexibility index (Phi) is 7.79. The van der Waals surface area contributed by atoms with Crippen LogP contribution >= 0.6 is 9.53 Å². The summed E-state index contributed by atoms with van der Waals surface area (Å²) in [5.74, 6) is 0. The van der Waals surface area contributed by atoms with E-state index in [1.54, 1.807) is 0 Å². The third-order valence-electron chi connectivity index (χ3n) is 1.56. The molecule has 1 aromatic carbocycles. The number of halogens is 1. The topological polar surface area (TPSA) is 52.0 Å². The van der Waals surface area contributed by atoms with E-state index in [0.29, 0.717) is 13.1 Å². The first-order valence-electron chi connectivity index (χ1n) is 3.47. The van der Waals surface area contributed by atoms with E-state index in [9.17, 15) is 0 Å². The summed E-state index contributed by atoms with van der Waals surface area (Å²) in [6.45, 7) is 1.15. The van der Waals surface area contributed by atoms with Crippen LogP contribution in [0, 0.1) is 0 Å². The van der Waals surface area contributed by atoms with Gasteiger partial charge in [0.2, 0.25) is 0 Å². The second kappa shape index (κ2) is 7.73. The summed E-state index contributed by atoms with van der Waals surface area (Å²) in [6, 6.07) is 7.95. The van der Waals surface area contributed by atoms with E-state index >= 15 is 0 Å². The molecule has 1 aromatic rings. The summed E-state index contributed by atoms with van der Waals surface area (Å²) < 4.78 is 0. The van der Waals surface area contributed by atoms with E-state index in [1.807, 2.05) is 24.3 Å². The number of rotatable bonds is 2. The van der Waals surface area contributed by atoms with Gasteiger partial charge in [0.1, 0.15) is 0 Å². The van der Waals surface area contributed by atoms with E-state index in [4.69, 9.17) is 11.5 Å². The Labute approximate surface area is 87.7 Å². The Morgan fingerprint density at radius 3 is 1.58 bits per heavy atom. The molecule has 0 saturated carbocycles. The zero-order chi connectivity index (χ0) is 9.40. The van der Waals surface area contributed by atoms with Crippen molar-refractivity contribution in [3.05, 3.63) is 35.4 Å². The molecule has 0 heterocycles. The van der Waals surface area contributed by atoms with Crippen LogP contribution in [0.2, 0.25) is 0 Å². The van der Waals surface area contributed by atoms with Crippen LogP contribution in [-0.4, -0.2) is 0 Å². The molecule has 2 nitrogen and oxygen atoms in total. The van der Waals surface area contributed by atoms with Crippen molar-refractivity contribution < 1.29 is 18.2 Å². The average Bonchev–Trinajstić information content (AvgIpc) is 2.20. The van der Waals surface area contributed by atoms with E-state index in [-0.39, 0.29) is 0 Å².